The highest BCUT2D eigenvalue weighted by molar-refractivity contribution is 5.97. The average Bonchev–Trinajstić information content (AvgIpc) is 2.53. The van der Waals surface area contributed by atoms with E-state index in [1.54, 1.807) is 0 Å². The molecule has 0 aromatic carbocycles. The van der Waals surface area contributed by atoms with Crippen LogP contribution in [0.5, 0.6) is 0 Å². The van der Waals surface area contributed by atoms with E-state index in [2.05, 4.69) is 13.0 Å². The van der Waals surface area contributed by atoms with E-state index in [1.807, 2.05) is 6.08 Å². The highest BCUT2D eigenvalue weighted by Crippen LogP contribution is 2.39. The first kappa shape index (κ1) is 10.4. The lowest BCUT2D eigenvalue weighted by Crippen LogP contribution is -2.27. The summed E-state index contributed by atoms with van der Waals surface area (Å²) in [4.78, 5) is 22.9. The molecule has 1 fully saturated rings. The van der Waals surface area contributed by atoms with E-state index in [1.165, 1.54) is 0 Å². The zero-order valence-electron chi connectivity index (χ0n) is 8.94. The number of ether oxygens (including phenoxy) is 1. The lowest BCUT2D eigenvalue weighted by molar-refractivity contribution is -0.154. The summed E-state index contributed by atoms with van der Waals surface area (Å²) < 4.78 is 4.70. The van der Waals surface area contributed by atoms with E-state index in [0.717, 1.165) is 19.3 Å². The second kappa shape index (κ2) is 4.17. The van der Waals surface area contributed by atoms with Crippen LogP contribution in [0.25, 0.3) is 0 Å². The van der Waals surface area contributed by atoms with Crippen LogP contribution in [0, 0.1) is 17.8 Å². The normalized spacial score (nSPS) is 34.1. The first-order chi connectivity index (χ1) is 7.24. The molecule has 1 saturated heterocycles. The van der Waals surface area contributed by atoms with Crippen molar-refractivity contribution >= 4 is 11.9 Å². The number of rotatable bonds is 3. The van der Waals surface area contributed by atoms with Gasteiger partial charge in [-0.15, -0.1) is 0 Å². The van der Waals surface area contributed by atoms with Gasteiger partial charge in [-0.05, 0) is 18.8 Å². The second-order valence-electron chi connectivity index (χ2n) is 4.34. The standard InChI is InChI=1S/C12H16O3/c1-2-3-5-8-6-4-7-9-10(8)12(14)15-11(9)13/h4,6,8-10H,2-3,5,7H2,1H3. The molecule has 0 saturated carbocycles. The highest BCUT2D eigenvalue weighted by Gasteiger charge is 2.48. The second-order valence-corrected chi connectivity index (χ2v) is 4.34. The van der Waals surface area contributed by atoms with Crippen molar-refractivity contribution in [1.82, 2.24) is 0 Å². The van der Waals surface area contributed by atoms with Crippen LogP contribution in [0.15, 0.2) is 12.2 Å². The quantitative estimate of drug-likeness (QED) is 0.405. The Hall–Kier alpha value is -1.12. The molecule has 2 aliphatic rings. The molecule has 0 bridgehead atoms. The number of hydrogen-bond acceptors (Lipinski definition) is 3. The van der Waals surface area contributed by atoms with Crippen LogP contribution in [0.4, 0.5) is 0 Å². The smallest absolute Gasteiger partial charge is 0.318 e. The Morgan fingerprint density at radius 2 is 2.20 bits per heavy atom. The van der Waals surface area contributed by atoms with Gasteiger partial charge in [0.1, 0.15) is 0 Å². The Labute approximate surface area is 89.5 Å². The molecule has 82 valence electrons. The van der Waals surface area contributed by atoms with Crippen LogP contribution in [-0.2, 0) is 14.3 Å². The lowest BCUT2D eigenvalue weighted by Gasteiger charge is -2.24. The van der Waals surface area contributed by atoms with Gasteiger partial charge in [-0.3, -0.25) is 9.59 Å². The molecule has 1 aliphatic carbocycles. The Morgan fingerprint density at radius 1 is 1.40 bits per heavy atom. The van der Waals surface area contributed by atoms with E-state index in [0.29, 0.717) is 6.42 Å². The molecule has 3 atom stereocenters. The number of allylic oxidation sites excluding steroid dienone is 2. The summed E-state index contributed by atoms with van der Waals surface area (Å²) >= 11 is 0. The topological polar surface area (TPSA) is 43.4 Å². The fourth-order valence-corrected chi connectivity index (χ4v) is 2.51. The van der Waals surface area contributed by atoms with Crippen molar-refractivity contribution in [3.63, 3.8) is 0 Å². The zero-order valence-corrected chi connectivity index (χ0v) is 8.94. The molecule has 0 N–H and O–H groups in total. The molecular formula is C12H16O3. The molecule has 15 heavy (non-hydrogen) atoms. The Morgan fingerprint density at radius 3 is 2.93 bits per heavy atom. The van der Waals surface area contributed by atoms with Gasteiger partial charge in [0, 0.05) is 0 Å². The number of esters is 2. The summed E-state index contributed by atoms with van der Waals surface area (Å²) in [5.74, 6) is -0.827. The molecular weight excluding hydrogens is 192 g/mol. The van der Waals surface area contributed by atoms with Crippen LogP contribution >= 0.6 is 0 Å². The van der Waals surface area contributed by atoms with Crippen molar-refractivity contribution in [3.05, 3.63) is 12.2 Å². The minimum Gasteiger partial charge on any atom is -0.393 e. The maximum atomic E-state index is 11.5. The molecule has 1 aliphatic heterocycles. The van der Waals surface area contributed by atoms with Gasteiger partial charge in [0.25, 0.3) is 0 Å². The fourth-order valence-electron chi connectivity index (χ4n) is 2.51. The molecule has 2 rings (SSSR count). The monoisotopic (exact) mass is 208 g/mol. The Bertz CT molecular complexity index is 306. The van der Waals surface area contributed by atoms with Crippen molar-refractivity contribution in [2.24, 2.45) is 17.8 Å². The van der Waals surface area contributed by atoms with Crippen LogP contribution < -0.4 is 0 Å². The minimum atomic E-state index is -0.323. The molecule has 3 heteroatoms. The van der Waals surface area contributed by atoms with E-state index in [4.69, 9.17) is 4.74 Å². The molecule has 0 amide bonds. The summed E-state index contributed by atoms with van der Waals surface area (Å²) in [5.41, 5.74) is 0. The van der Waals surface area contributed by atoms with E-state index in [9.17, 15) is 9.59 Å². The summed E-state index contributed by atoms with van der Waals surface area (Å²) in [6, 6.07) is 0. The molecule has 0 aromatic rings. The van der Waals surface area contributed by atoms with Crippen molar-refractivity contribution in [1.29, 1.82) is 0 Å². The fraction of sp³-hybridized carbons (Fsp3) is 0.667. The van der Waals surface area contributed by atoms with Crippen molar-refractivity contribution < 1.29 is 14.3 Å². The Kier molecular flexibility index (Phi) is 2.89. The maximum absolute atomic E-state index is 11.5. The SMILES string of the molecule is CCCCC1C=CCC2C(=O)OC(=O)C12. The molecule has 0 aromatic heterocycles. The summed E-state index contributed by atoms with van der Waals surface area (Å²) in [6.07, 6.45) is 7.96. The summed E-state index contributed by atoms with van der Waals surface area (Å²) in [7, 11) is 0. The van der Waals surface area contributed by atoms with Gasteiger partial charge < -0.3 is 4.74 Å². The van der Waals surface area contributed by atoms with E-state index < -0.39 is 0 Å². The molecule has 3 nitrogen and oxygen atoms in total. The van der Waals surface area contributed by atoms with Crippen molar-refractivity contribution in [3.8, 4) is 0 Å². The number of carbonyl (C=O) groups is 2. The number of carbonyl (C=O) groups excluding carboxylic acids is 2. The summed E-state index contributed by atoms with van der Waals surface area (Å²) in [6.45, 7) is 2.13. The molecule has 0 spiro atoms. The first-order valence-corrected chi connectivity index (χ1v) is 5.66. The van der Waals surface area contributed by atoms with Gasteiger partial charge >= 0.3 is 11.9 Å². The molecule has 0 radical (unpaired) electrons. The third-order valence-electron chi connectivity index (χ3n) is 3.34. The average molecular weight is 208 g/mol. The highest BCUT2D eigenvalue weighted by atomic mass is 16.6. The minimum absolute atomic E-state index is 0.200. The number of unbranched alkanes of at least 4 members (excludes halogenated alkanes) is 1. The number of cyclic esters (lactones) is 2. The van der Waals surface area contributed by atoms with Crippen LogP contribution in [0.1, 0.15) is 32.6 Å². The van der Waals surface area contributed by atoms with Gasteiger partial charge in [-0.1, -0.05) is 31.9 Å². The summed E-state index contributed by atoms with van der Waals surface area (Å²) in [5, 5.41) is 0. The predicted octanol–water partition coefficient (Wildman–Crippen LogP) is 2.07. The maximum Gasteiger partial charge on any atom is 0.318 e. The first-order valence-electron chi connectivity index (χ1n) is 5.66. The third kappa shape index (κ3) is 1.83. The van der Waals surface area contributed by atoms with Gasteiger partial charge in [0.05, 0.1) is 11.8 Å². The largest absolute Gasteiger partial charge is 0.393 e. The van der Waals surface area contributed by atoms with Gasteiger partial charge in [0.15, 0.2) is 0 Å². The number of fused-ring (bicyclic) bond motifs is 1. The lowest BCUT2D eigenvalue weighted by atomic mass is 9.75. The third-order valence-corrected chi connectivity index (χ3v) is 3.34. The number of hydrogen-bond donors (Lipinski definition) is 0. The van der Waals surface area contributed by atoms with Crippen LogP contribution in [0.2, 0.25) is 0 Å². The van der Waals surface area contributed by atoms with Gasteiger partial charge in [-0.2, -0.15) is 0 Å². The van der Waals surface area contributed by atoms with Crippen molar-refractivity contribution in [2.75, 3.05) is 0 Å². The van der Waals surface area contributed by atoms with E-state index in [-0.39, 0.29) is 29.7 Å². The molecule has 3 unspecified atom stereocenters. The predicted molar refractivity (Wildman–Crippen MR) is 54.9 cm³/mol. The van der Waals surface area contributed by atoms with E-state index >= 15 is 0 Å². The van der Waals surface area contributed by atoms with Crippen LogP contribution in [0.3, 0.4) is 0 Å². The van der Waals surface area contributed by atoms with Crippen molar-refractivity contribution in [2.45, 2.75) is 32.6 Å². The molecule has 1 heterocycles. The zero-order chi connectivity index (χ0) is 10.8. The Balaban J connectivity index is 2.12. The van der Waals surface area contributed by atoms with Gasteiger partial charge in [-0.25, -0.2) is 0 Å². The van der Waals surface area contributed by atoms with Gasteiger partial charge in [0.2, 0.25) is 0 Å². The van der Waals surface area contributed by atoms with Crippen LogP contribution in [-0.4, -0.2) is 11.9 Å².